The van der Waals surface area contributed by atoms with Gasteiger partial charge in [-0.1, -0.05) is 41.4 Å². The first-order valence-electron chi connectivity index (χ1n) is 6.31. The zero-order valence-corrected chi connectivity index (χ0v) is 13.6. The Balaban J connectivity index is 2.21. The highest BCUT2D eigenvalue weighted by Gasteiger charge is 2.19. The van der Waals surface area contributed by atoms with Gasteiger partial charge in [-0.2, -0.15) is 4.98 Å². The lowest BCUT2D eigenvalue weighted by Crippen LogP contribution is -2.01. The summed E-state index contributed by atoms with van der Waals surface area (Å²) in [6.07, 6.45) is 0. The van der Waals surface area contributed by atoms with Gasteiger partial charge in [0.1, 0.15) is 5.82 Å². The van der Waals surface area contributed by atoms with Crippen LogP contribution >= 0.6 is 34.8 Å². The second kappa shape index (κ2) is 5.88. The van der Waals surface area contributed by atoms with Gasteiger partial charge in [0.05, 0.1) is 21.3 Å². The van der Waals surface area contributed by atoms with Crippen molar-refractivity contribution in [3.8, 4) is 17.1 Å². The lowest BCUT2D eigenvalue weighted by atomic mass is 10.2. The molecule has 0 bridgehead atoms. The normalized spacial score (nSPS) is 11.0. The summed E-state index contributed by atoms with van der Waals surface area (Å²) in [5.41, 5.74) is 1.57. The van der Waals surface area contributed by atoms with Gasteiger partial charge in [0.25, 0.3) is 0 Å². The molecule has 22 heavy (non-hydrogen) atoms. The maximum Gasteiger partial charge on any atom is 0.226 e. The minimum absolute atomic E-state index is 0.0746. The molecule has 7 heteroatoms. The molecule has 0 saturated carbocycles. The molecule has 0 unspecified atom stereocenters. The zero-order chi connectivity index (χ0) is 15.9. The second-order valence-corrected chi connectivity index (χ2v) is 5.77. The molecule has 3 nitrogen and oxygen atoms in total. The van der Waals surface area contributed by atoms with Crippen molar-refractivity contribution >= 4 is 34.8 Å². The predicted octanol–water partition coefficient (Wildman–Crippen LogP) is 5.34. The van der Waals surface area contributed by atoms with E-state index in [1.54, 1.807) is 12.1 Å². The molecular weight excluding hydrogens is 348 g/mol. The van der Waals surface area contributed by atoms with Crippen LogP contribution in [0.1, 0.15) is 5.56 Å². The fourth-order valence-corrected chi connectivity index (χ4v) is 2.90. The number of benzene rings is 2. The first kappa shape index (κ1) is 15.3. The van der Waals surface area contributed by atoms with Crippen molar-refractivity contribution in [2.75, 3.05) is 0 Å². The quantitative estimate of drug-likeness (QED) is 0.620. The van der Waals surface area contributed by atoms with Gasteiger partial charge in [0.15, 0.2) is 5.82 Å². The zero-order valence-electron chi connectivity index (χ0n) is 11.3. The lowest BCUT2D eigenvalue weighted by Gasteiger charge is -2.08. The molecule has 0 saturated heterocycles. The summed E-state index contributed by atoms with van der Waals surface area (Å²) in [5, 5.41) is 5.02. The molecule has 1 heterocycles. The van der Waals surface area contributed by atoms with Crippen LogP contribution in [0.3, 0.4) is 0 Å². The third-order valence-corrected chi connectivity index (χ3v) is 4.02. The van der Waals surface area contributed by atoms with Gasteiger partial charge < -0.3 is 0 Å². The van der Waals surface area contributed by atoms with Crippen LogP contribution in [0.15, 0.2) is 36.4 Å². The van der Waals surface area contributed by atoms with Gasteiger partial charge in [-0.3, -0.25) is 0 Å². The van der Waals surface area contributed by atoms with Gasteiger partial charge >= 0.3 is 0 Å². The first-order valence-corrected chi connectivity index (χ1v) is 7.45. The van der Waals surface area contributed by atoms with Crippen LogP contribution in [0.2, 0.25) is 15.3 Å². The Kier molecular flexibility index (Phi) is 4.08. The number of hydrogen-bond acceptors (Lipinski definition) is 2. The Hall–Kier alpha value is -1.62. The Labute approximate surface area is 141 Å². The molecule has 0 spiro atoms. The van der Waals surface area contributed by atoms with E-state index < -0.39 is 5.82 Å². The largest absolute Gasteiger partial charge is 0.226 e. The molecule has 0 radical (unpaired) electrons. The van der Waals surface area contributed by atoms with E-state index >= 15 is 0 Å². The summed E-state index contributed by atoms with van der Waals surface area (Å²) >= 11 is 18.4. The number of aryl methyl sites for hydroxylation is 1. The molecule has 0 aliphatic rings. The van der Waals surface area contributed by atoms with Crippen LogP contribution in [-0.2, 0) is 0 Å². The van der Waals surface area contributed by atoms with Crippen molar-refractivity contribution < 1.29 is 4.39 Å². The van der Waals surface area contributed by atoms with Crippen molar-refractivity contribution in [1.82, 2.24) is 14.8 Å². The molecule has 3 aromatic rings. The van der Waals surface area contributed by atoms with E-state index in [9.17, 15) is 4.39 Å². The Morgan fingerprint density at radius 1 is 1.00 bits per heavy atom. The third-order valence-electron chi connectivity index (χ3n) is 3.15. The number of aromatic nitrogens is 3. The topological polar surface area (TPSA) is 30.7 Å². The summed E-state index contributed by atoms with van der Waals surface area (Å²) in [7, 11) is 0. The maximum atomic E-state index is 14.0. The van der Waals surface area contributed by atoms with Gasteiger partial charge in [0.2, 0.25) is 5.28 Å². The molecule has 0 aliphatic heterocycles. The molecular formula is C15H9Cl3FN3. The molecule has 0 amide bonds. The highest BCUT2D eigenvalue weighted by molar-refractivity contribution is 6.34. The van der Waals surface area contributed by atoms with Crippen LogP contribution in [-0.4, -0.2) is 14.8 Å². The lowest BCUT2D eigenvalue weighted by molar-refractivity contribution is 0.630. The number of rotatable bonds is 2. The van der Waals surface area contributed by atoms with Gasteiger partial charge in [-0.05, 0) is 42.3 Å². The van der Waals surface area contributed by atoms with E-state index in [1.807, 2.05) is 19.1 Å². The SMILES string of the molecule is Cc1cccc(Cl)c1-n1nc(-c2c(F)cccc2Cl)nc1Cl. The Morgan fingerprint density at radius 3 is 2.36 bits per heavy atom. The summed E-state index contributed by atoms with van der Waals surface area (Å²) in [5.74, 6) is -0.412. The summed E-state index contributed by atoms with van der Waals surface area (Å²) < 4.78 is 15.4. The highest BCUT2D eigenvalue weighted by atomic mass is 35.5. The predicted molar refractivity (Wildman–Crippen MR) is 86.5 cm³/mol. The van der Waals surface area contributed by atoms with E-state index in [0.29, 0.717) is 10.7 Å². The van der Waals surface area contributed by atoms with Crippen molar-refractivity contribution in [2.45, 2.75) is 6.92 Å². The van der Waals surface area contributed by atoms with Crippen LogP contribution < -0.4 is 0 Å². The van der Waals surface area contributed by atoms with Gasteiger partial charge in [-0.15, -0.1) is 5.10 Å². The average Bonchev–Trinajstić information content (AvgIpc) is 2.80. The van der Waals surface area contributed by atoms with E-state index in [-0.39, 0.29) is 21.7 Å². The molecule has 112 valence electrons. The Morgan fingerprint density at radius 2 is 1.68 bits per heavy atom. The summed E-state index contributed by atoms with van der Waals surface area (Å²) in [6, 6.07) is 9.77. The first-order chi connectivity index (χ1) is 10.5. The fraction of sp³-hybridized carbons (Fsp3) is 0.0667. The highest BCUT2D eigenvalue weighted by Crippen LogP contribution is 2.32. The third kappa shape index (κ3) is 2.58. The molecule has 0 fully saturated rings. The monoisotopic (exact) mass is 355 g/mol. The van der Waals surface area contributed by atoms with Crippen LogP contribution in [0.25, 0.3) is 17.1 Å². The standard InChI is InChI=1S/C15H9Cl3FN3/c1-8-4-2-6-10(17)13(8)22-15(18)20-14(21-22)12-9(16)5-3-7-11(12)19/h2-7H,1H3. The van der Waals surface area contributed by atoms with Crippen LogP contribution in [0.5, 0.6) is 0 Å². The number of hydrogen-bond donors (Lipinski definition) is 0. The maximum absolute atomic E-state index is 14.0. The molecule has 0 aliphatic carbocycles. The summed E-state index contributed by atoms with van der Waals surface area (Å²) in [6.45, 7) is 1.87. The Bertz CT molecular complexity index is 821. The fourth-order valence-electron chi connectivity index (χ4n) is 2.14. The van der Waals surface area contributed by atoms with E-state index in [2.05, 4.69) is 10.1 Å². The minimum atomic E-state index is -0.516. The minimum Gasteiger partial charge on any atom is -0.206 e. The van der Waals surface area contributed by atoms with Crippen LogP contribution in [0.4, 0.5) is 4.39 Å². The van der Waals surface area contributed by atoms with Crippen molar-refractivity contribution in [2.24, 2.45) is 0 Å². The second-order valence-electron chi connectivity index (χ2n) is 4.62. The molecule has 1 aromatic heterocycles. The average molecular weight is 357 g/mol. The number of nitrogens with zero attached hydrogens (tertiary/aromatic N) is 3. The van der Waals surface area contributed by atoms with E-state index in [4.69, 9.17) is 34.8 Å². The number of halogens is 4. The smallest absolute Gasteiger partial charge is 0.206 e. The molecule has 3 rings (SSSR count). The molecule has 2 aromatic carbocycles. The molecule has 0 N–H and O–H groups in total. The van der Waals surface area contributed by atoms with Crippen LogP contribution in [0, 0.1) is 12.7 Å². The van der Waals surface area contributed by atoms with Crippen molar-refractivity contribution in [3.63, 3.8) is 0 Å². The summed E-state index contributed by atoms with van der Waals surface area (Å²) in [4.78, 5) is 4.10. The van der Waals surface area contributed by atoms with E-state index in [1.165, 1.54) is 16.8 Å². The van der Waals surface area contributed by atoms with Gasteiger partial charge in [-0.25, -0.2) is 9.07 Å². The van der Waals surface area contributed by atoms with Crippen molar-refractivity contribution in [3.05, 3.63) is 63.1 Å². The van der Waals surface area contributed by atoms with Gasteiger partial charge in [0, 0.05) is 0 Å². The van der Waals surface area contributed by atoms with Crippen molar-refractivity contribution in [1.29, 1.82) is 0 Å². The number of para-hydroxylation sites is 1. The molecule has 0 atom stereocenters. The van der Waals surface area contributed by atoms with E-state index in [0.717, 1.165) is 5.56 Å².